The van der Waals surface area contributed by atoms with Crippen LogP contribution < -0.4 is 5.32 Å². The van der Waals surface area contributed by atoms with Gasteiger partial charge in [-0.3, -0.25) is 4.79 Å². The number of hydrogen-bond donors (Lipinski definition) is 2. The average molecular weight is 328 g/mol. The van der Waals surface area contributed by atoms with Crippen molar-refractivity contribution < 1.29 is 14.3 Å². The summed E-state index contributed by atoms with van der Waals surface area (Å²) in [7, 11) is 1.28. The molecule has 126 valence electrons. The highest BCUT2D eigenvalue weighted by molar-refractivity contribution is 5.87. The van der Waals surface area contributed by atoms with Gasteiger partial charge in [0.2, 0.25) is 0 Å². The molecule has 1 saturated heterocycles. The maximum atomic E-state index is 13.1. The van der Waals surface area contributed by atoms with Gasteiger partial charge in [-0.15, -0.1) is 0 Å². The number of H-pyrrole nitrogens is 1. The fourth-order valence-electron chi connectivity index (χ4n) is 3.05. The summed E-state index contributed by atoms with van der Waals surface area (Å²) in [6.07, 6.45) is 4.54. The Labute approximate surface area is 140 Å². The molecule has 0 aliphatic carbocycles. The van der Waals surface area contributed by atoms with Gasteiger partial charge in [0, 0.05) is 18.9 Å². The van der Waals surface area contributed by atoms with E-state index in [1.54, 1.807) is 17.3 Å². The summed E-state index contributed by atoms with van der Waals surface area (Å²) in [4.78, 5) is 33.9. The van der Waals surface area contributed by atoms with Crippen LogP contribution in [-0.2, 0) is 9.53 Å². The Balaban J connectivity index is 1.86. The van der Waals surface area contributed by atoms with Crippen LogP contribution in [0.4, 0.5) is 4.79 Å². The Morgan fingerprint density at radius 2 is 2.17 bits per heavy atom. The molecule has 3 rings (SSSR count). The highest BCUT2D eigenvalue weighted by Gasteiger charge is 2.36. The van der Waals surface area contributed by atoms with E-state index in [2.05, 4.69) is 20.0 Å². The van der Waals surface area contributed by atoms with Crippen LogP contribution in [-0.4, -0.2) is 40.5 Å². The Morgan fingerprint density at radius 3 is 2.83 bits per heavy atom. The van der Waals surface area contributed by atoms with E-state index >= 15 is 0 Å². The minimum Gasteiger partial charge on any atom is -0.453 e. The van der Waals surface area contributed by atoms with Crippen LogP contribution in [0.3, 0.4) is 0 Å². The molecular formula is C17H20N4O3. The number of carbonyl (C=O) groups is 2. The standard InChI is InChI=1S/C17H20N4O3/c1-24-17(23)20-14(12-6-3-2-4-7-12)16(22)21-11-5-8-13(21)15-18-9-10-19-15/h2-4,6-7,9-10,13-14H,5,8,11H2,1H3,(H,18,19)(H,20,23)/t13-,14-/m0/s1. The minimum atomic E-state index is -0.783. The Bertz CT molecular complexity index is 687. The van der Waals surface area contributed by atoms with Gasteiger partial charge in [0.05, 0.1) is 13.2 Å². The molecule has 2 heterocycles. The van der Waals surface area contributed by atoms with Crippen LogP contribution in [0, 0.1) is 0 Å². The minimum absolute atomic E-state index is 0.0989. The van der Waals surface area contributed by atoms with Crippen molar-refractivity contribution in [1.82, 2.24) is 20.2 Å². The number of ether oxygens (including phenoxy) is 1. The number of hydrogen-bond acceptors (Lipinski definition) is 4. The molecule has 1 aromatic heterocycles. The molecule has 0 radical (unpaired) electrons. The molecule has 1 fully saturated rings. The Kier molecular flexibility index (Phi) is 4.79. The second-order valence-electron chi connectivity index (χ2n) is 5.64. The highest BCUT2D eigenvalue weighted by Crippen LogP contribution is 2.32. The molecule has 1 aliphatic heterocycles. The zero-order chi connectivity index (χ0) is 16.9. The highest BCUT2D eigenvalue weighted by atomic mass is 16.5. The SMILES string of the molecule is COC(=O)N[C@H](C(=O)N1CCC[C@H]1c1ncc[nH]1)c1ccccc1. The second kappa shape index (κ2) is 7.16. The number of alkyl carbamates (subject to hydrolysis) is 1. The molecular weight excluding hydrogens is 308 g/mol. The third-order valence-corrected chi connectivity index (χ3v) is 4.20. The van der Waals surface area contributed by atoms with Crippen LogP contribution in [0.15, 0.2) is 42.7 Å². The molecule has 2 N–H and O–H groups in total. The molecule has 1 aromatic carbocycles. The number of amides is 2. The summed E-state index contributed by atoms with van der Waals surface area (Å²) in [6, 6.07) is 8.29. The first kappa shape index (κ1) is 16.0. The lowest BCUT2D eigenvalue weighted by atomic mass is 10.1. The van der Waals surface area contributed by atoms with Crippen molar-refractivity contribution in [2.45, 2.75) is 24.9 Å². The molecule has 2 atom stereocenters. The molecule has 2 amide bonds. The average Bonchev–Trinajstić information content (AvgIpc) is 3.30. The third kappa shape index (κ3) is 3.24. The van der Waals surface area contributed by atoms with E-state index in [0.29, 0.717) is 6.54 Å². The van der Waals surface area contributed by atoms with Gasteiger partial charge in [0.1, 0.15) is 11.9 Å². The quantitative estimate of drug-likeness (QED) is 0.900. The zero-order valence-electron chi connectivity index (χ0n) is 13.4. The number of nitrogens with one attached hydrogen (secondary N) is 2. The van der Waals surface area contributed by atoms with Crippen LogP contribution in [0.1, 0.15) is 36.3 Å². The van der Waals surface area contributed by atoms with Crippen molar-refractivity contribution in [2.75, 3.05) is 13.7 Å². The predicted octanol–water partition coefficient (Wildman–Crippen LogP) is 2.17. The first-order valence-electron chi connectivity index (χ1n) is 7.90. The molecule has 2 aromatic rings. The number of likely N-dealkylation sites (tertiary alicyclic amines) is 1. The van der Waals surface area contributed by atoms with Crippen LogP contribution >= 0.6 is 0 Å². The van der Waals surface area contributed by atoms with Crippen molar-refractivity contribution in [1.29, 1.82) is 0 Å². The van der Waals surface area contributed by atoms with Gasteiger partial charge >= 0.3 is 6.09 Å². The number of carbonyl (C=O) groups excluding carboxylic acids is 2. The maximum Gasteiger partial charge on any atom is 0.407 e. The molecule has 1 aliphatic rings. The predicted molar refractivity (Wildman–Crippen MR) is 87.0 cm³/mol. The summed E-state index contributed by atoms with van der Waals surface area (Å²) in [6.45, 7) is 0.635. The summed E-state index contributed by atoms with van der Waals surface area (Å²) in [5.41, 5.74) is 0.720. The fraction of sp³-hybridized carbons (Fsp3) is 0.353. The van der Waals surface area contributed by atoms with Crippen molar-refractivity contribution in [3.63, 3.8) is 0 Å². The van der Waals surface area contributed by atoms with E-state index < -0.39 is 12.1 Å². The zero-order valence-corrected chi connectivity index (χ0v) is 13.4. The first-order valence-corrected chi connectivity index (χ1v) is 7.90. The number of methoxy groups -OCH3 is 1. The Hall–Kier alpha value is -2.83. The van der Waals surface area contributed by atoms with E-state index in [-0.39, 0.29) is 11.9 Å². The van der Waals surface area contributed by atoms with E-state index in [1.165, 1.54) is 7.11 Å². The van der Waals surface area contributed by atoms with Crippen LogP contribution in [0.5, 0.6) is 0 Å². The van der Waals surface area contributed by atoms with E-state index in [0.717, 1.165) is 24.2 Å². The van der Waals surface area contributed by atoms with Crippen molar-refractivity contribution in [3.05, 3.63) is 54.1 Å². The number of aromatic nitrogens is 2. The number of rotatable bonds is 4. The number of imidazole rings is 1. The van der Waals surface area contributed by atoms with Crippen molar-refractivity contribution >= 4 is 12.0 Å². The third-order valence-electron chi connectivity index (χ3n) is 4.20. The first-order chi connectivity index (χ1) is 11.7. The summed E-state index contributed by atoms with van der Waals surface area (Å²) in [5.74, 6) is 0.608. The van der Waals surface area contributed by atoms with Crippen LogP contribution in [0.2, 0.25) is 0 Å². The van der Waals surface area contributed by atoms with Crippen LogP contribution in [0.25, 0.3) is 0 Å². The fourth-order valence-corrected chi connectivity index (χ4v) is 3.05. The molecule has 7 nitrogen and oxygen atoms in total. The maximum absolute atomic E-state index is 13.1. The van der Waals surface area contributed by atoms with Gasteiger partial charge in [-0.1, -0.05) is 30.3 Å². The van der Waals surface area contributed by atoms with Gasteiger partial charge in [-0.05, 0) is 18.4 Å². The topological polar surface area (TPSA) is 87.3 Å². The van der Waals surface area contributed by atoms with Gasteiger partial charge in [0.15, 0.2) is 0 Å². The molecule has 0 unspecified atom stereocenters. The van der Waals surface area contributed by atoms with Crippen molar-refractivity contribution in [3.8, 4) is 0 Å². The summed E-state index contributed by atoms with van der Waals surface area (Å²) < 4.78 is 4.67. The largest absolute Gasteiger partial charge is 0.453 e. The lowest BCUT2D eigenvalue weighted by molar-refractivity contribution is -0.134. The normalized spacial score (nSPS) is 18.2. The van der Waals surface area contributed by atoms with Gasteiger partial charge in [-0.2, -0.15) is 0 Å². The molecule has 24 heavy (non-hydrogen) atoms. The number of aromatic amines is 1. The summed E-state index contributed by atoms with van der Waals surface area (Å²) >= 11 is 0. The van der Waals surface area contributed by atoms with E-state index in [4.69, 9.17) is 0 Å². The van der Waals surface area contributed by atoms with E-state index in [9.17, 15) is 9.59 Å². The van der Waals surface area contributed by atoms with Crippen molar-refractivity contribution in [2.24, 2.45) is 0 Å². The Morgan fingerprint density at radius 1 is 1.38 bits per heavy atom. The second-order valence-corrected chi connectivity index (χ2v) is 5.64. The van der Waals surface area contributed by atoms with Gasteiger partial charge in [-0.25, -0.2) is 9.78 Å². The molecule has 0 saturated carbocycles. The molecule has 7 heteroatoms. The van der Waals surface area contributed by atoms with Gasteiger partial charge in [0.25, 0.3) is 5.91 Å². The lowest BCUT2D eigenvalue weighted by Crippen LogP contribution is -2.42. The molecule has 0 spiro atoms. The summed E-state index contributed by atoms with van der Waals surface area (Å²) in [5, 5.41) is 2.64. The van der Waals surface area contributed by atoms with E-state index in [1.807, 2.05) is 30.3 Å². The lowest BCUT2D eigenvalue weighted by Gasteiger charge is -2.28. The number of benzene rings is 1. The van der Waals surface area contributed by atoms with Gasteiger partial charge < -0.3 is 19.9 Å². The molecule has 0 bridgehead atoms. The number of nitrogens with zero attached hydrogens (tertiary/aromatic N) is 2. The smallest absolute Gasteiger partial charge is 0.407 e. The monoisotopic (exact) mass is 328 g/mol.